The third kappa shape index (κ3) is 3.08. The van der Waals surface area contributed by atoms with E-state index in [1.54, 1.807) is 0 Å². The summed E-state index contributed by atoms with van der Waals surface area (Å²) in [5.41, 5.74) is 0.0258. The van der Waals surface area contributed by atoms with Gasteiger partial charge in [-0.15, -0.1) is 10.2 Å². The number of aryl methyl sites for hydroxylation is 1. The highest BCUT2D eigenvalue weighted by Crippen LogP contribution is 2.60. The molecule has 1 aromatic heterocycles. The Morgan fingerprint density at radius 3 is 2.52 bits per heavy atom. The van der Waals surface area contributed by atoms with Crippen LogP contribution in [0.4, 0.5) is 0 Å². The van der Waals surface area contributed by atoms with E-state index in [4.69, 9.17) is 0 Å². The zero-order chi connectivity index (χ0) is 18.6. The molecule has 4 bridgehead atoms. The van der Waals surface area contributed by atoms with Crippen LogP contribution in [-0.2, 0) is 10.3 Å². The second kappa shape index (κ2) is 6.26. The lowest BCUT2D eigenvalue weighted by Crippen LogP contribution is -2.67. The van der Waals surface area contributed by atoms with Gasteiger partial charge in [-0.1, -0.05) is 12.8 Å². The molecule has 1 amide bonds. The van der Waals surface area contributed by atoms with Crippen molar-refractivity contribution in [2.45, 2.75) is 101 Å². The number of tetrazole rings is 1. The Kier molecular flexibility index (Phi) is 4.08. The fourth-order valence-corrected chi connectivity index (χ4v) is 7.02. The van der Waals surface area contributed by atoms with Crippen LogP contribution in [0, 0.1) is 18.8 Å². The second-order valence-electron chi connectivity index (χ2n) is 9.95. The van der Waals surface area contributed by atoms with Crippen molar-refractivity contribution in [3.05, 3.63) is 5.82 Å². The van der Waals surface area contributed by atoms with Crippen LogP contribution in [0.5, 0.6) is 0 Å². The molecule has 0 aromatic carbocycles. The van der Waals surface area contributed by atoms with Crippen LogP contribution >= 0.6 is 0 Å². The van der Waals surface area contributed by atoms with Gasteiger partial charge in [0.1, 0.15) is 0 Å². The zero-order valence-electron chi connectivity index (χ0n) is 16.6. The number of carbonyl (C=O) groups is 1. The summed E-state index contributed by atoms with van der Waals surface area (Å²) in [5, 5.41) is 20.2. The number of aromatic nitrogens is 4. The SMILES string of the molecule is Cc1nnn(C23C[C@H]4C[C@@H](CC(N[C@@H](C)C(=O)NC5CCCC5)(C4)C2)C3)n1. The summed E-state index contributed by atoms with van der Waals surface area (Å²) in [5.74, 6) is 2.32. The number of amides is 1. The van der Waals surface area contributed by atoms with Crippen molar-refractivity contribution in [1.82, 2.24) is 30.8 Å². The minimum atomic E-state index is -0.149. The molecule has 148 valence electrons. The van der Waals surface area contributed by atoms with Crippen LogP contribution in [0.1, 0.15) is 77.0 Å². The van der Waals surface area contributed by atoms with Crippen LogP contribution in [-0.4, -0.2) is 43.7 Å². The predicted octanol–water partition coefficient (Wildman–Crippen LogP) is 2.07. The van der Waals surface area contributed by atoms with Gasteiger partial charge in [0.05, 0.1) is 11.6 Å². The lowest BCUT2D eigenvalue weighted by atomic mass is 9.50. The molecule has 0 spiro atoms. The Bertz CT molecular complexity index is 710. The van der Waals surface area contributed by atoms with Crippen molar-refractivity contribution in [2.75, 3.05) is 0 Å². The molecule has 0 aliphatic heterocycles. The van der Waals surface area contributed by atoms with Gasteiger partial charge < -0.3 is 10.6 Å². The van der Waals surface area contributed by atoms with Gasteiger partial charge in [0, 0.05) is 11.6 Å². The Balaban J connectivity index is 1.33. The molecule has 0 radical (unpaired) electrons. The van der Waals surface area contributed by atoms with Gasteiger partial charge in [-0.05, 0) is 82.3 Å². The summed E-state index contributed by atoms with van der Waals surface area (Å²) in [6, 6.07) is 0.233. The quantitative estimate of drug-likeness (QED) is 0.826. The van der Waals surface area contributed by atoms with Crippen LogP contribution in [0.25, 0.3) is 0 Å². The average Bonchev–Trinajstić information content (AvgIpc) is 3.25. The zero-order valence-corrected chi connectivity index (χ0v) is 16.6. The van der Waals surface area contributed by atoms with Crippen molar-refractivity contribution >= 4 is 5.91 Å². The first-order chi connectivity index (χ1) is 13.0. The van der Waals surface area contributed by atoms with E-state index < -0.39 is 0 Å². The number of nitrogens with one attached hydrogen (secondary N) is 2. The smallest absolute Gasteiger partial charge is 0.237 e. The van der Waals surface area contributed by atoms with Crippen molar-refractivity contribution in [1.29, 1.82) is 0 Å². The molecule has 27 heavy (non-hydrogen) atoms. The molecule has 3 atom stereocenters. The lowest BCUT2D eigenvalue weighted by Gasteiger charge is -2.61. The molecule has 5 aliphatic carbocycles. The van der Waals surface area contributed by atoms with E-state index in [1.165, 1.54) is 32.1 Å². The van der Waals surface area contributed by atoms with Crippen LogP contribution < -0.4 is 10.6 Å². The first kappa shape index (κ1) is 17.6. The lowest BCUT2D eigenvalue weighted by molar-refractivity contribution is -0.127. The normalized spacial score (nSPS) is 39.0. The number of hydrogen-bond donors (Lipinski definition) is 2. The largest absolute Gasteiger partial charge is 0.352 e. The highest BCUT2D eigenvalue weighted by Gasteiger charge is 2.60. The Morgan fingerprint density at radius 1 is 1.19 bits per heavy atom. The molecule has 1 aromatic rings. The second-order valence-corrected chi connectivity index (χ2v) is 9.95. The van der Waals surface area contributed by atoms with E-state index in [-0.39, 0.29) is 23.0 Å². The maximum absolute atomic E-state index is 12.8. The average molecular weight is 373 g/mol. The molecule has 6 rings (SSSR count). The van der Waals surface area contributed by atoms with Crippen LogP contribution in [0.3, 0.4) is 0 Å². The highest BCUT2D eigenvalue weighted by molar-refractivity contribution is 5.81. The minimum absolute atomic E-state index is 0.0139. The number of carbonyl (C=O) groups excluding carboxylic acids is 1. The maximum Gasteiger partial charge on any atom is 0.237 e. The summed E-state index contributed by atoms with van der Waals surface area (Å²) in [6.07, 6.45) is 11.8. The summed E-state index contributed by atoms with van der Waals surface area (Å²) >= 11 is 0. The third-order valence-electron chi connectivity index (χ3n) is 7.59. The molecule has 5 saturated carbocycles. The Hall–Kier alpha value is -1.50. The van der Waals surface area contributed by atoms with E-state index in [2.05, 4.69) is 26.0 Å². The van der Waals surface area contributed by atoms with E-state index in [0.29, 0.717) is 17.9 Å². The van der Waals surface area contributed by atoms with Gasteiger partial charge in [0.25, 0.3) is 0 Å². The van der Waals surface area contributed by atoms with Gasteiger partial charge in [0.15, 0.2) is 5.82 Å². The summed E-state index contributed by atoms with van der Waals surface area (Å²) in [4.78, 5) is 14.7. The molecule has 5 aliphatic rings. The molecule has 2 N–H and O–H groups in total. The molecule has 0 saturated heterocycles. The molecule has 7 nitrogen and oxygen atoms in total. The number of rotatable bonds is 5. The van der Waals surface area contributed by atoms with Crippen molar-refractivity contribution in [2.24, 2.45) is 11.8 Å². The first-order valence-electron chi connectivity index (χ1n) is 10.8. The van der Waals surface area contributed by atoms with Gasteiger partial charge in [-0.25, -0.2) is 0 Å². The molecule has 1 heterocycles. The summed E-state index contributed by atoms with van der Waals surface area (Å²) in [6.45, 7) is 3.95. The molecule has 0 unspecified atom stereocenters. The molecular weight excluding hydrogens is 340 g/mol. The fourth-order valence-electron chi connectivity index (χ4n) is 7.02. The summed E-state index contributed by atoms with van der Waals surface area (Å²) < 4.78 is 0. The Morgan fingerprint density at radius 2 is 1.89 bits per heavy atom. The van der Waals surface area contributed by atoms with E-state index in [9.17, 15) is 4.79 Å². The van der Waals surface area contributed by atoms with Crippen molar-refractivity contribution in [3.63, 3.8) is 0 Å². The van der Waals surface area contributed by atoms with Gasteiger partial charge in [-0.2, -0.15) is 4.80 Å². The van der Waals surface area contributed by atoms with Crippen LogP contribution in [0.2, 0.25) is 0 Å². The van der Waals surface area contributed by atoms with Crippen LogP contribution in [0.15, 0.2) is 0 Å². The van der Waals surface area contributed by atoms with Gasteiger partial charge in [-0.3, -0.25) is 4.79 Å². The van der Waals surface area contributed by atoms with E-state index >= 15 is 0 Å². The van der Waals surface area contributed by atoms with Gasteiger partial charge >= 0.3 is 0 Å². The third-order valence-corrected chi connectivity index (χ3v) is 7.59. The Labute approximate surface area is 161 Å². The predicted molar refractivity (Wildman–Crippen MR) is 101 cm³/mol. The standard InChI is InChI=1S/C20H32N6O/c1-13(18(27)21-17-5-3-4-6-17)22-19-8-15-7-16(9-19)11-20(10-15,12-19)26-24-14(2)23-25-26/h13,15-17,22H,3-12H2,1-2H3,(H,21,27)/t13-,15-,16-,19?,20?/m0/s1. The molecule has 7 heteroatoms. The molecule has 5 fully saturated rings. The molecular formula is C20H32N6O. The van der Waals surface area contributed by atoms with Crippen molar-refractivity contribution < 1.29 is 4.79 Å². The van der Waals surface area contributed by atoms with Crippen molar-refractivity contribution in [3.8, 4) is 0 Å². The topological polar surface area (TPSA) is 84.7 Å². The first-order valence-corrected chi connectivity index (χ1v) is 10.8. The minimum Gasteiger partial charge on any atom is -0.352 e. The van der Waals surface area contributed by atoms with Gasteiger partial charge in [0.2, 0.25) is 5.91 Å². The highest BCUT2D eigenvalue weighted by atomic mass is 16.2. The van der Waals surface area contributed by atoms with E-state index in [0.717, 1.165) is 37.9 Å². The monoisotopic (exact) mass is 372 g/mol. The van der Waals surface area contributed by atoms with E-state index in [1.807, 2.05) is 18.6 Å². The summed E-state index contributed by atoms with van der Waals surface area (Å²) in [7, 11) is 0. The maximum atomic E-state index is 12.8. The number of nitrogens with zero attached hydrogens (tertiary/aromatic N) is 4. The number of hydrogen-bond acceptors (Lipinski definition) is 5. The fraction of sp³-hybridized carbons (Fsp3) is 0.900.